The van der Waals surface area contributed by atoms with Crippen molar-refractivity contribution >= 4 is 0 Å². The molecule has 0 heterocycles. The Morgan fingerprint density at radius 1 is 0.957 bits per heavy atom. The van der Waals surface area contributed by atoms with E-state index in [2.05, 4.69) is 83.6 Å². The summed E-state index contributed by atoms with van der Waals surface area (Å²) in [5.74, 6) is 0. The molecular weight excluding hydrogens is 286 g/mol. The largest absolute Gasteiger partial charge is 0.384 e. The van der Waals surface area contributed by atoms with Crippen molar-refractivity contribution in [3.8, 4) is 6.07 Å². The Labute approximate surface area is 146 Å². The van der Waals surface area contributed by atoms with Crippen molar-refractivity contribution in [2.45, 2.75) is 86.0 Å². The molecule has 0 fully saturated rings. The minimum absolute atomic E-state index is 0.497. The number of hydrogen-bond acceptors (Lipinski definition) is 4. The molecule has 0 aromatic heterocycles. The molecule has 0 saturated carbocycles. The SMILES string of the molecule is C=CN(C(C)C)C(C)C.CC(C)N(C)C(C)C.COCCC#N. The summed E-state index contributed by atoms with van der Waals surface area (Å²) in [5, 5.41) is 7.87. The molecule has 0 radical (unpaired) electrons. The lowest BCUT2D eigenvalue weighted by molar-refractivity contribution is 0.205. The summed E-state index contributed by atoms with van der Waals surface area (Å²) >= 11 is 0. The molecule has 0 spiro atoms. The Morgan fingerprint density at radius 2 is 1.35 bits per heavy atom. The highest BCUT2D eigenvalue weighted by molar-refractivity contribution is 4.77. The first-order chi connectivity index (χ1) is 10.6. The molecule has 0 rings (SSSR count). The van der Waals surface area contributed by atoms with Crippen molar-refractivity contribution in [3.05, 3.63) is 12.8 Å². The van der Waals surface area contributed by atoms with E-state index >= 15 is 0 Å². The van der Waals surface area contributed by atoms with Crippen LogP contribution in [0.2, 0.25) is 0 Å². The zero-order chi connectivity index (χ0) is 19.0. The average molecular weight is 328 g/mol. The molecule has 0 aromatic rings. The Kier molecular flexibility index (Phi) is 20.2. The van der Waals surface area contributed by atoms with Gasteiger partial charge in [-0.3, -0.25) is 0 Å². The molecule has 23 heavy (non-hydrogen) atoms. The molecule has 0 atom stereocenters. The van der Waals surface area contributed by atoms with E-state index in [4.69, 9.17) is 5.26 Å². The molecule has 0 saturated heterocycles. The van der Waals surface area contributed by atoms with Gasteiger partial charge in [0.15, 0.2) is 0 Å². The summed E-state index contributed by atoms with van der Waals surface area (Å²) < 4.78 is 4.56. The average Bonchev–Trinajstić information content (AvgIpc) is 2.45. The minimum Gasteiger partial charge on any atom is -0.384 e. The second-order valence-electron chi connectivity index (χ2n) is 6.57. The summed E-state index contributed by atoms with van der Waals surface area (Å²) in [6.07, 6.45) is 2.39. The number of nitriles is 1. The molecular formula is C19H41N3O. The van der Waals surface area contributed by atoms with Crippen LogP contribution >= 0.6 is 0 Å². The highest BCUT2D eigenvalue weighted by Gasteiger charge is 2.06. The molecule has 0 aliphatic carbocycles. The van der Waals surface area contributed by atoms with E-state index in [0.29, 0.717) is 37.2 Å². The number of methoxy groups -OCH3 is 1. The molecule has 0 amide bonds. The van der Waals surface area contributed by atoms with Gasteiger partial charge in [-0.15, -0.1) is 0 Å². The third kappa shape index (κ3) is 18.9. The molecule has 0 unspecified atom stereocenters. The van der Waals surface area contributed by atoms with Gasteiger partial charge in [-0.25, -0.2) is 0 Å². The second-order valence-corrected chi connectivity index (χ2v) is 6.57. The first-order valence-electron chi connectivity index (χ1n) is 8.54. The predicted molar refractivity (Wildman–Crippen MR) is 102 cm³/mol. The van der Waals surface area contributed by atoms with Crippen LogP contribution < -0.4 is 0 Å². The third-order valence-corrected chi connectivity index (χ3v) is 3.45. The topological polar surface area (TPSA) is 39.5 Å². The third-order valence-electron chi connectivity index (χ3n) is 3.45. The quantitative estimate of drug-likeness (QED) is 0.644. The van der Waals surface area contributed by atoms with Gasteiger partial charge in [0.25, 0.3) is 0 Å². The standard InChI is InChI=1S/C8H17N.C7H17N.C4H7NO/c1-6-9(7(2)3)8(4)5;1-6(2)8(5)7(3)4;1-6-4-2-3-5/h6-8H,1H2,2-5H3;6-7H,1-5H3;2,4H2,1H3. The molecule has 0 aromatic carbocycles. The first kappa shape index (κ1) is 26.8. The predicted octanol–water partition coefficient (Wildman–Crippen LogP) is 4.53. The van der Waals surface area contributed by atoms with E-state index in [0.717, 1.165) is 0 Å². The summed E-state index contributed by atoms with van der Waals surface area (Å²) in [6.45, 7) is 21.8. The molecule has 4 heteroatoms. The van der Waals surface area contributed by atoms with Gasteiger partial charge in [-0.2, -0.15) is 5.26 Å². The Morgan fingerprint density at radius 3 is 1.39 bits per heavy atom. The molecule has 0 aliphatic heterocycles. The van der Waals surface area contributed by atoms with Crippen LogP contribution in [0.25, 0.3) is 0 Å². The van der Waals surface area contributed by atoms with E-state index in [1.54, 1.807) is 7.11 Å². The summed E-state index contributed by atoms with van der Waals surface area (Å²) in [7, 11) is 3.73. The van der Waals surface area contributed by atoms with Crippen molar-refractivity contribution < 1.29 is 4.74 Å². The van der Waals surface area contributed by atoms with Gasteiger partial charge in [-0.05, 0) is 68.6 Å². The lowest BCUT2D eigenvalue weighted by Crippen LogP contribution is -2.32. The van der Waals surface area contributed by atoms with Crippen LogP contribution in [0.5, 0.6) is 0 Å². The zero-order valence-electron chi connectivity index (χ0n) is 17.3. The summed E-state index contributed by atoms with van der Waals surface area (Å²) in [4.78, 5) is 4.56. The van der Waals surface area contributed by atoms with Crippen LogP contribution in [0, 0.1) is 11.3 Å². The highest BCUT2D eigenvalue weighted by atomic mass is 16.5. The van der Waals surface area contributed by atoms with Crippen molar-refractivity contribution in [1.29, 1.82) is 5.26 Å². The summed E-state index contributed by atoms with van der Waals surface area (Å²) in [6, 6.07) is 4.44. The molecule has 138 valence electrons. The monoisotopic (exact) mass is 327 g/mol. The number of ether oxygens (including phenoxy) is 1. The van der Waals surface area contributed by atoms with Crippen LogP contribution in [0.4, 0.5) is 0 Å². The lowest BCUT2D eigenvalue weighted by Gasteiger charge is -2.28. The van der Waals surface area contributed by atoms with E-state index in [-0.39, 0.29) is 0 Å². The second kappa shape index (κ2) is 17.3. The van der Waals surface area contributed by atoms with Crippen LogP contribution in [-0.2, 0) is 4.74 Å². The van der Waals surface area contributed by atoms with Crippen molar-refractivity contribution in [2.75, 3.05) is 20.8 Å². The number of rotatable bonds is 7. The van der Waals surface area contributed by atoms with Crippen molar-refractivity contribution in [1.82, 2.24) is 9.80 Å². The van der Waals surface area contributed by atoms with Gasteiger partial charge in [0, 0.05) is 31.3 Å². The van der Waals surface area contributed by atoms with Gasteiger partial charge in [0.1, 0.15) is 0 Å². The Hall–Kier alpha value is -1.05. The van der Waals surface area contributed by atoms with Crippen molar-refractivity contribution in [3.63, 3.8) is 0 Å². The van der Waals surface area contributed by atoms with Gasteiger partial charge in [0.05, 0.1) is 19.1 Å². The zero-order valence-corrected chi connectivity index (χ0v) is 17.3. The number of hydrogen-bond donors (Lipinski definition) is 0. The smallest absolute Gasteiger partial charge is 0.0645 e. The maximum Gasteiger partial charge on any atom is 0.0645 e. The van der Waals surface area contributed by atoms with E-state index in [1.165, 1.54) is 0 Å². The van der Waals surface area contributed by atoms with E-state index in [9.17, 15) is 0 Å². The van der Waals surface area contributed by atoms with Crippen LogP contribution in [0.1, 0.15) is 61.8 Å². The van der Waals surface area contributed by atoms with Gasteiger partial charge < -0.3 is 14.5 Å². The Balaban J connectivity index is -0.000000266. The fourth-order valence-electron chi connectivity index (χ4n) is 1.76. The maximum atomic E-state index is 7.87. The lowest BCUT2D eigenvalue weighted by atomic mass is 10.2. The fraction of sp³-hybridized carbons (Fsp3) is 0.842. The van der Waals surface area contributed by atoms with Crippen LogP contribution in [0.3, 0.4) is 0 Å². The Bertz CT molecular complexity index is 277. The summed E-state index contributed by atoms with van der Waals surface area (Å²) in [5.41, 5.74) is 0. The first-order valence-corrected chi connectivity index (χ1v) is 8.54. The van der Waals surface area contributed by atoms with E-state index in [1.807, 2.05) is 12.3 Å². The molecule has 0 bridgehead atoms. The normalized spacial score (nSPS) is 10.2. The minimum atomic E-state index is 0.497. The van der Waals surface area contributed by atoms with Gasteiger partial charge in [-0.1, -0.05) is 6.58 Å². The maximum absolute atomic E-state index is 7.87. The molecule has 0 N–H and O–H groups in total. The van der Waals surface area contributed by atoms with Gasteiger partial charge >= 0.3 is 0 Å². The molecule has 0 aliphatic rings. The van der Waals surface area contributed by atoms with Crippen LogP contribution in [0.15, 0.2) is 12.8 Å². The van der Waals surface area contributed by atoms with Crippen molar-refractivity contribution in [2.24, 2.45) is 0 Å². The number of nitrogens with zero attached hydrogens (tertiary/aromatic N) is 3. The fourth-order valence-corrected chi connectivity index (χ4v) is 1.76. The van der Waals surface area contributed by atoms with E-state index < -0.39 is 0 Å². The van der Waals surface area contributed by atoms with Gasteiger partial charge in [0.2, 0.25) is 0 Å². The molecule has 4 nitrogen and oxygen atoms in total. The van der Waals surface area contributed by atoms with Crippen LogP contribution in [-0.4, -0.2) is 54.7 Å². The highest BCUT2D eigenvalue weighted by Crippen LogP contribution is 2.03.